The summed E-state index contributed by atoms with van der Waals surface area (Å²) >= 11 is 0. The summed E-state index contributed by atoms with van der Waals surface area (Å²) in [6, 6.07) is 0.579. The molecule has 0 aliphatic carbocycles. The topological polar surface area (TPSA) is 52.6 Å². The van der Waals surface area contributed by atoms with Gasteiger partial charge in [-0.25, -0.2) is 9.97 Å². The van der Waals surface area contributed by atoms with E-state index in [0.717, 1.165) is 64.5 Å². The molecule has 3 fully saturated rings. The van der Waals surface area contributed by atoms with Gasteiger partial charge < -0.3 is 9.80 Å². The van der Waals surface area contributed by atoms with Crippen LogP contribution < -0.4 is 4.90 Å². The lowest BCUT2D eigenvalue weighted by atomic mass is 9.98. The van der Waals surface area contributed by atoms with Crippen LogP contribution in [0.25, 0.3) is 0 Å². The molecule has 3 saturated heterocycles. The Balaban J connectivity index is 1.33. The fourth-order valence-corrected chi connectivity index (χ4v) is 4.58. The molecule has 0 aromatic carbocycles. The normalized spacial score (nSPS) is 24.6. The van der Waals surface area contributed by atoms with E-state index in [0.29, 0.717) is 11.9 Å². The third-order valence-corrected chi connectivity index (χ3v) is 6.12. The van der Waals surface area contributed by atoms with Crippen LogP contribution in [0.2, 0.25) is 0 Å². The molecule has 1 amide bonds. The summed E-state index contributed by atoms with van der Waals surface area (Å²) < 4.78 is 0. The first-order valence-corrected chi connectivity index (χ1v) is 10.4. The van der Waals surface area contributed by atoms with E-state index in [4.69, 9.17) is 0 Å². The van der Waals surface area contributed by atoms with Crippen molar-refractivity contribution in [1.82, 2.24) is 19.8 Å². The molecule has 4 rings (SSSR count). The van der Waals surface area contributed by atoms with Crippen molar-refractivity contribution < 1.29 is 4.79 Å². The molecule has 0 saturated carbocycles. The zero-order valence-corrected chi connectivity index (χ0v) is 15.8. The first kappa shape index (κ1) is 17.7. The summed E-state index contributed by atoms with van der Waals surface area (Å²) in [5.41, 5.74) is 1.21. The highest BCUT2D eigenvalue weighted by molar-refractivity contribution is 5.78. The first-order chi connectivity index (χ1) is 12.8. The van der Waals surface area contributed by atoms with E-state index in [1.807, 2.05) is 12.4 Å². The predicted octanol–water partition coefficient (Wildman–Crippen LogP) is 2.44. The quantitative estimate of drug-likeness (QED) is 0.783. The van der Waals surface area contributed by atoms with Crippen molar-refractivity contribution in [3.8, 4) is 0 Å². The Morgan fingerprint density at radius 1 is 0.962 bits per heavy atom. The van der Waals surface area contributed by atoms with Gasteiger partial charge in [0.05, 0.1) is 0 Å². The van der Waals surface area contributed by atoms with Gasteiger partial charge in [0, 0.05) is 63.1 Å². The van der Waals surface area contributed by atoms with Crippen molar-refractivity contribution in [2.45, 2.75) is 64.0 Å². The summed E-state index contributed by atoms with van der Waals surface area (Å²) in [5.74, 6) is 1.23. The van der Waals surface area contributed by atoms with Gasteiger partial charge in [-0.15, -0.1) is 0 Å². The molecule has 26 heavy (non-hydrogen) atoms. The zero-order chi connectivity index (χ0) is 17.8. The molecule has 4 heterocycles. The van der Waals surface area contributed by atoms with Crippen molar-refractivity contribution in [1.29, 1.82) is 0 Å². The van der Waals surface area contributed by atoms with Crippen LogP contribution in [0.5, 0.6) is 0 Å². The molecular formula is C20H31N5O. The van der Waals surface area contributed by atoms with Gasteiger partial charge in [0.1, 0.15) is 0 Å². The molecule has 0 N–H and O–H groups in total. The minimum Gasteiger partial charge on any atom is -0.343 e. The Labute approximate surface area is 156 Å². The number of likely N-dealkylation sites (tertiary alicyclic amines) is 2. The third-order valence-electron chi connectivity index (χ3n) is 6.12. The standard InChI is InChI=1S/C20H31N5O/c26-19-7-5-12-23(19)13-8-18-6-1-2-11-25(18)16-17-14-21-20(22-15-17)24-9-3-4-10-24/h14-15,18H,1-13,16H2. The highest BCUT2D eigenvalue weighted by Crippen LogP contribution is 2.23. The monoisotopic (exact) mass is 357 g/mol. The molecule has 0 bridgehead atoms. The van der Waals surface area contributed by atoms with Crippen LogP contribution in [0.1, 0.15) is 56.9 Å². The second kappa shape index (κ2) is 8.33. The number of aromatic nitrogens is 2. The van der Waals surface area contributed by atoms with Gasteiger partial charge in [0.15, 0.2) is 0 Å². The predicted molar refractivity (Wildman–Crippen MR) is 102 cm³/mol. The Bertz CT molecular complexity index is 599. The molecule has 0 radical (unpaired) electrons. The lowest BCUT2D eigenvalue weighted by molar-refractivity contribution is -0.127. The SMILES string of the molecule is O=C1CCCN1CCC1CCCCN1Cc1cnc(N2CCCC2)nc1. The van der Waals surface area contributed by atoms with Crippen molar-refractivity contribution in [2.24, 2.45) is 0 Å². The average molecular weight is 358 g/mol. The van der Waals surface area contributed by atoms with Crippen LogP contribution in [0.3, 0.4) is 0 Å². The van der Waals surface area contributed by atoms with E-state index in [-0.39, 0.29) is 0 Å². The lowest BCUT2D eigenvalue weighted by Crippen LogP contribution is -2.41. The Morgan fingerprint density at radius 3 is 2.46 bits per heavy atom. The van der Waals surface area contributed by atoms with Gasteiger partial charge in [0.2, 0.25) is 11.9 Å². The molecule has 142 valence electrons. The number of anilines is 1. The number of rotatable bonds is 6. The Morgan fingerprint density at radius 2 is 1.73 bits per heavy atom. The number of piperidine rings is 1. The van der Waals surface area contributed by atoms with E-state index in [1.54, 1.807) is 0 Å². The van der Waals surface area contributed by atoms with E-state index >= 15 is 0 Å². The maximum Gasteiger partial charge on any atom is 0.225 e. The summed E-state index contributed by atoms with van der Waals surface area (Å²) in [7, 11) is 0. The molecule has 1 aromatic rings. The van der Waals surface area contributed by atoms with Gasteiger partial charge in [-0.2, -0.15) is 0 Å². The maximum atomic E-state index is 11.9. The van der Waals surface area contributed by atoms with Gasteiger partial charge in [-0.3, -0.25) is 9.69 Å². The van der Waals surface area contributed by atoms with Gasteiger partial charge >= 0.3 is 0 Å². The number of hydrogen-bond donors (Lipinski definition) is 0. The van der Waals surface area contributed by atoms with Gasteiger partial charge in [-0.1, -0.05) is 6.42 Å². The number of nitrogens with zero attached hydrogens (tertiary/aromatic N) is 5. The Hall–Kier alpha value is -1.69. The fraction of sp³-hybridized carbons (Fsp3) is 0.750. The summed E-state index contributed by atoms with van der Waals surface area (Å²) in [6.07, 6.45) is 13.2. The minimum atomic E-state index is 0.346. The van der Waals surface area contributed by atoms with Crippen LogP contribution in [0, 0.1) is 0 Å². The molecule has 0 spiro atoms. The van der Waals surface area contributed by atoms with Crippen LogP contribution in [0.15, 0.2) is 12.4 Å². The molecule has 1 aromatic heterocycles. The van der Waals surface area contributed by atoms with Gasteiger partial charge in [0.25, 0.3) is 0 Å². The highest BCUT2D eigenvalue weighted by Gasteiger charge is 2.26. The molecule has 1 unspecified atom stereocenters. The van der Waals surface area contributed by atoms with Crippen molar-refractivity contribution in [3.63, 3.8) is 0 Å². The van der Waals surface area contributed by atoms with Crippen LogP contribution in [0.4, 0.5) is 5.95 Å². The number of carbonyl (C=O) groups excluding carboxylic acids is 1. The van der Waals surface area contributed by atoms with Crippen molar-refractivity contribution in [3.05, 3.63) is 18.0 Å². The molecule has 6 heteroatoms. The summed E-state index contributed by atoms with van der Waals surface area (Å²) in [5, 5.41) is 0. The molecule has 3 aliphatic rings. The first-order valence-electron chi connectivity index (χ1n) is 10.4. The van der Waals surface area contributed by atoms with E-state index in [9.17, 15) is 4.79 Å². The second-order valence-electron chi connectivity index (χ2n) is 7.98. The smallest absolute Gasteiger partial charge is 0.225 e. The average Bonchev–Trinajstić information content (AvgIpc) is 3.34. The summed E-state index contributed by atoms with van der Waals surface area (Å²) in [4.78, 5) is 28.0. The fourth-order valence-electron chi connectivity index (χ4n) is 4.58. The molecule has 6 nitrogen and oxygen atoms in total. The van der Waals surface area contributed by atoms with E-state index in [1.165, 1.54) is 37.7 Å². The van der Waals surface area contributed by atoms with Crippen LogP contribution in [-0.4, -0.2) is 64.4 Å². The van der Waals surface area contributed by atoms with Gasteiger partial charge in [-0.05, 0) is 45.1 Å². The Kier molecular flexibility index (Phi) is 5.68. The largest absolute Gasteiger partial charge is 0.343 e. The second-order valence-corrected chi connectivity index (χ2v) is 7.98. The van der Waals surface area contributed by atoms with Crippen molar-refractivity contribution >= 4 is 11.9 Å². The van der Waals surface area contributed by atoms with E-state index < -0.39 is 0 Å². The third kappa shape index (κ3) is 4.17. The molecule has 1 atom stereocenters. The molecular weight excluding hydrogens is 326 g/mol. The summed E-state index contributed by atoms with van der Waals surface area (Å²) in [6.45, 7) is 6.12. The minimum absolute atomic E-state index is 0.346. The zero-order valence-electron chi connectivity index (χ0n) is 15.8. The number of amides is 1. The van der Waals surface area contributed by atoms with E-state index in [2.05, 4.69) is 24.7 Å². The number of hydrogen-bond acceptors (Lipinski definition) is 5. The van der Waals surface area contributed by atoms with Crippen LogP contribution >= 0.6 is 0 Å². The highest BCUT2D eigenvalue weighted by atomic mass is 16.2. The molecule has 3 aliphatic heterocycles. The van der Waals surface area contributed by atoms with Crippen molar-refractivity contribution in [2.75, 3.05) is 37.6 Å². The maximum absolute atomic E-state index is 11.9. The number of carbonyl (C=O) groups is 1. The van der Waals surface area contributed by atoms with Crippen LogP contribution in [-0.2, 0) is 11.3 Å². The lowest BCUT2D eigenvalue weighted by Gasteiger charge is -2.36.